The molecule has 1 aromatic rings. The van der Waals surface area contributed by atoms with E-state index in [9.17, 15) is 0 Å². The molecule has 1 aliphatic carbocycles. The van der Waals surface area contributed by atoms with Crippen LogP contribution in [0.3, 0.4) is 0 Å². The lowest BCUT2D eigenvalue weighted by atomic mass is 9.79. The van der Waals surface area contributed by atoms with Crippen molar-refractivity contribution < 1.29 is 0 Å². The molecule has 1 aromatic carbocycles. The number of rotatable bonds is 2. The molecule has 1 nitrogen and oxygen atoms in total. The van der Waals surface area contributed by atoms with E-state index in [0.717, 1.165) is 28.5 Å². The van der Waals surface area contributed by atoms with Gasteiger partial charge in [-0.2, -0.15) is 5.26 Å². The maximum absolute atomic E-state index is 9.09. The van der Waals surface area contributed by atoms with Gasteiger partial charge in [0.05, 0.1) is 11.6 Å². The highest BCUT2D eigenvalue weighted by atomic mass is 14.3. The van der Waals surface area contributed by atoms with E-state index in [1.54, 1.807) is 0 Å². The molecule has 0 radical (unpaired) electrons. The monoisotopic (exact) mass is 241 g/mol. The molecule has 0 saturated heterocycles. The Balaban J connectivity index is 2.09. The summed E-state index contributed by atoms with van der Waals surface area (Å²) in [6.07, 6.45) is 6.72. The zero-order valence-electron chi connectivity index (χ0n) is 11.8. The Hall–Kier alpha value is -1.29. The minimum atomic E-state index is 0.855. The zero-order chi connectivity index (χ0) is 13.1. The van der Waals surface area contributed by atoms with Gasteiger partial charge in [0.15, 0.2) is 0 Å². The topological polar surface area (TPSA) is 23.8 Å². The van der Waals surface area contributed by atoms with Crippen molar-refractivity contribution in [1.82, 2.24) is 0 Å². The van der Waals surface area contributed by atoms with Gasteiger partial charge in [-0.1, -0.05) is 31.9 Å². The van der Waals surface area contributed by atoms with E-state index in [4.69, 9.17) is 5.26 Å². The average molecular weight is 241 g/mol. The third-order valence-corrected chi connectivity index (χ3v) is 4.36. The first-order valence-corrected chi connectivity index (χ1v) is 7.10. The Morgan fingerprint density at radius 3 is 2.17 bits per heavy atom. The van der Waals surface area contributed by atoms with Crippen LogP contribution in [0.25, 0.3) is 0 Å². The first kappa shape index (κ1) is 13.1. The first-order valence-electron chi connectivity index (χ1n) is 7.10. The maximum Gasteiger partial charge on any atom is 0.0997 e. The molecular weight excluding hydrogens is 218 g/mol. The fourth-order valence-electron chi connectivity index (χ4n) is 3.21. The van der Waals surface area contributed by atoms with Gasteiger partial charge in [0.2, 0.25) is 0 Å². The van der Waals surface area contributed by atoms with Gasteiger partial charge < -0.3 is 0 Å². The van der Waals surface area contributed by atoms with E-state index in [1.165, 1.54) is 37.7 Å². The molecule has 0 bridgehead atoms. The number of hydrogen-bond acceptors (Lipinski definition) is 1. The normalized spacial score (nSPS) is 23.7. The highest BCUT2D eigenvalue weighted by Crippen LogP contribution is 2.31. The summed E-state index contributed by atoms with van der Waals surface area (Å²) in [5.74, 6) is 1.78. The molecule has 1 aliphatic rings. The molecule has 1 saturated carbocycles. The summed E-state index contributed by atoms with van der Waals surface area (Å²) in [4.78, 5) is 0. The van der Waals surface area contributed by atoms with Gasteiger partial charge in [0.25, 0.3) is 0 Å². The minimum Gasteiger partial charge on any atom is -0.192 e. The van der Waals surface area contributed by atoms with E-state index in [1.807, 2.05) is 0 Å². The Bertz CT molecular complexity index is 436. The fraction of sp³-hybridized carbons (Fsp3) is 0.588. The van der Waals surface area contributed by atoms with Gasteiger partial charge >= 0.3 is 0 Å². The molecule has 0 spiro atoms. The smallest absolute Gasteiger partial charge is 0.0997 e. The Morgan fingerprint density at radius 2 is 1.67 bits per heavy atom. The number of hydrogen-bond donors (Lipinski definition) is 0. The Kier molecular flexibility index (Phi) is 4.07. The second-order valence-corrected chi connectivity index (χ2v) is 6.05. The SMILES string of the molecule is Cc1cc(CC2CCC(C)CC2)cc(C)c1C#N. The molecule has 0 heterocycles. The van der Waals surface area contributed by atoms with Gasteiger partial charge in [0, 0.05) is 0 Å². The van der Waals surface area contributed by atoms with E-state index in [0.29, 0.717) is 0 Å². The number of nitriles is 1. The van der Waals surface area contributed by atoms with E-state index >= 15 is 0 Å². The van der Waals surface area contributed by atoms with Crippen LogP contribution in [0.5, 0.6) is 0 Å². The molecule has 1 fully saturated rings. The summed E-state index contributed by atoms with van der Waals surface area (Å²) in [7, 11) is 0. The van der Waals surface area contributed by atoms with Crippen LogP contribution < -0.4 is 0 Å². The molecular formula is C17H23N. The summed E-state index contributed by atoms with van der Waals surface area (Å²) in [6, 6.07) is 6.72. The molecule has 0 amide bonds. The third kappa shape index (κ3) is 2.93. The molecule has 0 N–H and O–H groups in total. The summed E-state index contributed by atoms with van der Waals surface area (Å²) in [5, 5.41) is 9.09. The van der Waals surface area contributed by atoms with Crippen molar-refractivity contribution in [3.05, 3.63) is 34.4 Å². The molecule has 18 heavy (non-hydrogen) atoms. The van der Waals surface area contributed by atoms with Crippen LogP contribution in [0.15, 0.2) is 12.1 Å². The van der Waals surface area contributed by atoms with Crippen LogP contribution in [0, 0.1) is 37.0 Å². The molecule has 96 valence electrons. The summed E-state index contributed by atoms with van der Waals surface area (Å²) in [5.41, 5.74) is 4.55. The van der Waals surface area contributed by atoms with Gasteiger partial charge in [-0.05, 0) is 61.6 Å². The van der Waals surface area contributed by atoms with Gasteiger partial charge in [-0.25, -0.2) is 0 Å². The predicted molar refractivity (Wildman–Crippen MR) is 75.5 cm³/mol. The van der Waals surface area contributed by atoms with Crippen molar-refractivity contribution in [1.29, 1.82) is 5.26 Å². The lowest BCUT2D eigenvalue weighted by Gasteiger charge is -2.26. The van der Waals surface area contributed by atoms with Crippen LogP contribution in [0.4, 0.5) is 0 Å². The maximum atomic E-state index is 9.09. The molecule has 2 rings (SSSR count). The Morgan fingerprint density at radius 1 is 1.11 bits per heavy atom. The highest BCUT2D eigenvalue weighted by molar-refractivity contribution is 5.45. The van der Waals surface area contributed by atoms with Crippen LogP contribution >= 0.6 is 0 Å². The van der Waals surface area contributed by atoms with E-state index in [-0.39, 0.29) is 0 Å². The van der Waals surface area contributed by atoms with Crippen molar-refractivity contribution in [2.75, 3.05) is 0 Å². The van der Waals surface area contributed by atoms with Crippen LogP contribution in [0.1, 0.15) is 54.9 Å². The summed E-state index contributed by atoms with van der Waals surface area (Å²) in [6.45, 7) is 6.47. The van der Waals surface area contributed by atoms with Crippen molar-refractivity contribution in [3.8, 4) is 6.07 Å². The van der Waals surface area contributed by atoms with Crippen molar-refractivity contribution in [2.45, 2.75) is 52.9 Å². The number of nitrogens with zero attached hydrogens (tertiary/aromatic N) is 1. The molecule has 1 heteroatoms. The second-order valence-electron chi connectivity index (χ2n) is 6.05. The van der Waals surface area contributed by atoms with E-state index in [2.05, 4.69) is 39.0 Å². The summed E-state index contributed by atoms with van der Waals surface area (Å²) >= 11 is 0. The van der Waals surface area contributed by atoms with E-state index < -0.39 is 0 Å². The lowest BCUT2D eigenvalue weighted by Crippen LogP contribution is -2.14. The standard InChI is InChI=1S/C17H23N/c1-12-4-6-15(7-5-12)10-16-8-13(2)17(11-18)14(3)9-16/h8-9,12,15H,4-7,10H2,1-3H3. The summed E-state index contributed by atoms with van der Waals surface area (Å²) < 4.78 is 0. The van der Waals surface area contributed by atoms with Crippen LogP contribution in [-0.4, -0.2) is 0 Å². The van der Waals surface area contributed by atoms with Crippen molar-refractivity contribution in [3.63, 3.8) is 0 Å². The molecule has 0 atom stereocenters. The quantitative estimate of drug-likeness (QED) is 0.745. The van der Waals surface area contributed by atoms with Crippen molar-refractivity contribution >= 4 is 0 Å². The van der Waals surface area contributed by atoms with Gasteiger partial charge in [-0.3, -0.25) is 0 Å². The van der Waals surface area contributed by atoms with Crippen LogP contribution in [0.2, 0.25) is 0 Å². The fourth-order valence-corrected chi connectivity index (χ4v) is 3.21. The van der Waals surface area contributed by atoms with Crippen molar-refractivity contribution in [2.24, 2.45) is 11.8 Å². The highest BCUT2D eigenvalue weighted by Gasteiger charge is 2.18. The third-order valence-electron chi connectivity index (χ3n) is 4.36. The number of aryl methyl sites for hydroxylation is 2. The van der Waals surface area contributed by atoms with Crippen LogP contribution in [-0.2, 0) is 6.42 Å². The predicted octanol–water partition coefficient (Wildman–Crippen LogP) is 4.54. The second kappa shape index (κ2) is 5.57. The average Bonchev–Trinajstić information content (AvgIpc) is 2.32. The molecule has 0 aliphatic heterocycles. The van der Waals surface area contributed by atoms with Gasteiger partial charge in [0.1, 0.15) is 0 Å². The Labute approximate surface area is 111 Å². The molecule has 0 aromatic heterocycles. The molecule has 0 unspecified atom stereocenters. The number of benzene rings is 1. The first-order chi connectivity index (χ1) is 8.60. The zero-order valence-corrected chi connectivity index (χ0v) is 11.8. The minimum absolute atomic E-state index is 0.855. The lowest BCUT2D eigenvalue weighted by molar-refractivity contribution is 0.289. The largest absolute Gasteiger partial charge is 0.192 e. The van der Waals surface area contributed by atoms with Gasteiger partial charge in [-0.15, -0.1) is 0 Å².